The van der Waals surface area contributed by atoms with Crippen LogP contribution in [-0.2, 0) is 46.6 Å². The molecule has 1 aliphatic heterocycles. The number of hydrogen-bond acceptors (Lipinski definition) is 7. The van der Waals surface area contributed by atoms with E-state index in [1.807, 2.05) is 0 Å². The zero-order chi connectivity index (χ0) is 32.6. The van der Waals surface area contributed by atoms with Gasteiger partial charge in [-0.2, -0.15) is 13.2 Å². The maximum atomic E-state index is 13.3. The zero-order valence-electron chi connectivity index (χ0n) is 23.9. The second-order valence-electron chi connectivity index (χ2n) is 10.4. The van der Waals surface area contributed by atoms with Crippen molar-refractivity contribution in [1.82, 2.24) is 10.2 Å². The molecule has 2 N–H and O–H groups in total. The molecule has 0 radical (unpaired) electrons. The van der Waals surface area contributed by atoms with Gasteiger partial charge in [-0.3, -0.25) is 19.7 Å². The van der Waals surface area contributed by atoms with Crippen LogP contribution in [0.5, 0.6) is 5.75 Å². The SMILES string of the molecule is O=C(O)C[C@@H]1Cc2ccc(OCCCNC(=O)OCc3ccc([N+](=O)[O-])cc3)cc2CN(Cc2ccc(C(F)(F)F)cc2)C1=O. The molecule has 1 aliphatic rings. The summed E-state index contributed by atoms with van der Waals surface area (Å²) in [7, 11) is 0. The monoisotopic (exact) mass is 629 g/mol. The average Bonchev–Trinajstić information content (AvgIpc) is 3.11. The second kappa shape index (κ2) is 14.6. The second-order valence-corrected chi connectivity index (χ2v) is 10.4. The first kappa shape index (κ1) is 32.8. The zero-order valence-corrected chi connectivity index (χ0v) is 23.9. The Labute approximate surface area is 255 Å². The lowest BCUT2D eigenvalue weighted by atomic mass is 9.94. The van der Waals surface area contributed by atoms with Gasteiger partial charge in [0.15, 0.2) is 0 Å². The third-order valence-electron chi connectivity index (χ3n) is 7.12. The van der Waals surface area contributed by atoms with E-state index in [1.165, 1.54) is 41.3 Å². The molecule has 0 aliphatic carbocycles. The van der Waals surface area contributed by atoms with E-state index >= 15 is 0 Å². The minimum atomic E-state index is -4.49. The van der Waals surface area contributed by atoms with Crippen molar-refractivity contribution in [2.75, 3.05) is 13.2 Å². The number of nitrogens with zero attached hydrogens (tertiary/aromatic N) is 2. The molecular weight excluding hydrogens is 599 g/mol. The highest BCUT2D eigenvalue weighted by molar-refractivity contribution is 5.84. The van der Waals surface area contributed by atoms with Gasteiger partial charge in [0.2, 0.25) is 5.91 Å². The fourth-order valence-electron chi connectivity index (χ4n) is 4.82. The average molecular weight is 630 g/mol. The molecule has 14 heteroatoms. The van der Waals surface area contributed by atoms with Crippen molar-refractivity contribution in [1.29, 1.82) is 0 Å². The summed E-state index contributed by atoms with van der Waals surface area (Å²) in [4.78, 5) is 48.4. The number of halogens is 3. The van der Waals surface area contributed by atoms with Crippen molar-refractivity contribution >= 4 is 23.7 Å². The van der Waals surface area contributed by atoms with E-state index in [4.69, 9.17) is 9.47 Å². The number of carbonyl (C=O) groups excluding carboxylic acids is 2. The van der Waals surface area contributed by atoms with Crippen molar-refractivity contribution in [3.05, 3.63) is 105 Å². The summed E-state index contributed by atoms with van der Waals surface area (Å²) >= 11 is 0. The molecule has 0 saturated heterocycles. The molecule has 0 unspecified atom stereocenters. The number of nitrogens with one attached hydrogen (secondary N) is 1. The summed E-state index contributed by atoms with van der Waals surface area (Å²) in [6.45, 7) is 0.545. The quantitative estimate of drug-likeness (QED) is 0.152. The number of nitro groups is 1. The number of carboxylic acids is 1. The van der Waals surface area contributed by atoms with Gasteiger partial charge in [-0.15, -0.1) is 0 Å². The minimum Gasteiger partial charge on any atom is -0.494 e. The fraction of sp³-hybridized carbons (Fsp3) is 0.323. The van der Waals surface area contributed by atoms with Gasteiger partial charge in [0.25, 0.3) is 5.69 Å². The van der Waals surface area contributed by atoms with Gasteiger partial charge in [-0.1, -0.05) is 18.2 Å². The molecular formula is C31H30F3N3O8. The van der Waals surface area contributed by atoms with Crippen molar-refractivity contribution < 1.29 is 47.1 Å². The van der Waals surface area contributed by atoms with Gasteiger partial charge in [0.1, 0.15) is 12.4 Å². The Balaban J connectivity index is 1.31. The number of alkyl halides is 3. The fourth-order valence-corrected chi connectivity index (χ4v) is 4.82. The molecule has 0 bridgehead atoms. The number of nitro benzene ring substituents is 1. The summed E-state index contributed by atoms with van der Waals surface area (Å²) in [6.07, 6.45) is -4.91. The Morgan fingerprint density at radius 1 is 1.02 bits per heavy atom. The first-order valence-corrected chi connectivity index (χ1v) is 13.9. The number of carboxylic acid groups (broad SMARTS) is 1. The smallest absolute Gasteiger partial charge is 0.416 e. The van der Waals surface area contributed by atoms with Gasteiger partial charge >= 0.3 is 18.2 Å². The van der Waals surface area contributed by atoms with Crippen molar-refractivity contribution in [2.45, 2.75) is 45.1 Å². The molecule has 1 heterocycles. The third kappa shape index (κ3) is 9.42. The lowest BCUT2D eigenvalue weighted by Gasteiger charge is -2.24. The number of rotatable bonds is 12. The molecule has 0 aromatic heterocycles. The van der Waals surface area contributed by atoms with Crippen LogP contribution in [-0.4, -0.2) is 46.1 Å². The van der Waals surface area contributed by atoms with Crippen LogP contribution in [0.4, 0.5) is 23.7 Å². The minimum absolute atomic E-state index is 0.00355. The van der Waals surface area contributed by atoms with E-state index < -0.39 is 40.6 Å². The van der Waals surface area contributed by atoms with Crippen molar-refractivity contribution in [3.8, 4) is 5.75 Å². The lowest BCUT2D eigenvalue weighted by molar-refractivity contribution is -0.384. The number of non-ortho nitro benzene ring substituents is 1. The summed E-state index contributed by atoms with van der Waals surface area (Å²) in [5.41, 5.74) is 1.70. The highest BCUT2D eigenvalue weighted by Gasteiger charge is 2.32. The van der Waals surface area contributed by atoms with Crippen LogP contribution in [0.15, 0.2) is 66.7 Å². The number of aliphatic carboxylic acids is 1. The highest BCUT2D eigenvalue weighted by atomic mass is 19.4. The summed E-state index contributed by atoms with van der Waals surface area (Å²) in [5.74, 6) is -1.87. The maximum absolute atomic E-state index is 13.3. The predicted octanol–water partition coefficient (Wildman–Crippen LogP) is 5.48. The van der Waals surface area contributed by atoms with E-state index in [9.17, 15) is 42.8 Å². The van der Waals surface area contributed by atoms with Crippen LogP contribution in [0.25, 0.3) is 0 Å². The van der Waals surface area contributed by atoms with Crippen LogP contribution in [0.1, 0.15) is 40.7 Å². The Morgan fingerprint density at radius 2 is 1.71 bits per heavy atom. The molecule has 3 aromatic rings. The molecule has 45 heavy (non-hydrogen) atoms. The number of benzene rings is 3. The maximum Gasteiger partial charge on any atom is 0.416 e. The van der Waals surface area contributed by atoms with Gasteiger partial charge in [0, 0.05) is 31.8 Å². The van der Waals surface area contributed by atoms with Crippen molar-refractivity contribution in [3.63, 3.8) is 0 Å². The van der Waals surface area contributed by atoms with Gasteiger partial charge < -0.3 is 24.8 Å². The Bertz CT molecular complexity index is 1530. The Morgan fingerprint density at radius 3 is 2.36 bits per heavy atom. The number of carbonyl (C=O) groups is 3. The summed E-state index contributed by atoms with van der Waals surface area (Å²) < 4.78 is 49.9. The topological polar surface area (TPSA) is 148 Å². The molecule has 238 valence electrons. The first-order valence-electron chi connectivity index (χ1n) is 13.9. The van der Waals surface area contributed by atoms with Crippen LogP contribution in [0, 0.1) is 16.0 Å². The molecule has 0 spiro atoms. The highest BCUT2D eigenvalue weighted by Crippen LogP contribution is 2.31. The van der Waals surface area contributed by atoms with Crippen LogP contribution >= 0.6 is 0 Å². The standard InChI is InChI=1S/C31H30F3N3O8/c32-31(33,34)25-7-2-20(3-8-25)17-36-18-24-15-27(11-6-22(24)14-23(29(36)40)16-28(38)39)44-13-1-12-35-30(41)45-19-21-4-9-26(10-5-21)37(42)43/h2-11,15,23H,1,12-14,16-19H2,(H,35,41)(H,38,39)/t23-/m0/s1. The predicted molar refractivity (Wildman–Crippen MR) is 153 cm³/mol. The summed E-state index contributed by atoms with van der Waals surface area (Å²) in [6, 6.07) is 15.3. The normalized spacial score (nSPS) is 14.7. The number of alkyl carbamates (subject to hydrolysis) is 1. The third-order valence-corrected chi connectivity index (χ3v) is 7.12. The van der Waals surface area contributed by atoms with Crippen LogP contribution in [0.2, 0.25) is 0 Å². The molecule has 0 fully saturated rings. The van der Waals surface area contributed by atoms with E-state index in [1.54, 1.807) is 18.2 Å². The number of ether oxygens (including phenoxy) is 2. The van der Waals surface area contributed by atoms with E-state index in [2.05, 4.69) is 5.32 Å². The van der Waals surface area contributed by atoms with Gasteiger partial charge in [-0.05, 0) is 71.5 Å². The Kier molecular flexibility index (Phi) is 10.6. The van der Waals surface area contributed by atoms with Gasteiger partial charge in [-0.25, -0.2) is 4.79 Å². The first-order chi connectivity index (χ1) is 21.4. The van der Waals surface area contributed by atoms with E-state index in [0.29, 0.717) is 23.3 Å². The van der Waals surface area contributed by atoms with E-state index in [0.717, 1.165) is 23.3 Å². The molecule has 0 saturated carbocycles. The molecule has 1 atom stereocenters. The van der Waals surface area contributed by atoms with Gasteiger partial charge in [0.05, 0.1) is 29.4 Å². The van der Waals surface area contributed by atoms with Crippen LogP contribution in [0.3, 0.4) is 0 Å². The molecule has 4 rings (SSSR count). The molecule has 3 aromatic carbocycles. The Hall–Kier alpha value is -5.14. The number of hydrogen-bond donors (Lipinski definition) is 2. The van der Waals surface area contributed by atoms with Crippen LogP contribution < -0.4 is 10.1 Å². The number of fused-ring (bicyclic) bond motifs is 1. The van der Waals surface area contributed by atoms with E-state index in [-0.39, 0.29) is 51.4 Å². The molecule has 2 amide bonds. The number of amides is 2. The van der Waals surface area contributed by atoms with Crippen molar-refractivity contribution in [2.24, 2.45) is 5.92 Å². The summed E-state index contributed by atoms with van der Waals surface area (Å²) in [5, 5.41) is 22.7. The largest absolute Gasteiger partial charge is 0.494 e. The lowest BCUT2D eigenvalue weighted by Crippen LogP contribution is -2.35. The molecule has 11 nitrogen and oxygen atoms in total.